The van der Waals surface area contributed by atoms with Gasteiger partial charge in [0.25, 0.3) is 0 Å². The van der Waals surface area contributed by atoms with Gasteiger partial charge in [-0.05, 0) is 68.1 Å². The van der Waals surface area contributed by atoms with Crippen molar-refractivity contribution < 1.29 is 9.53 Å². The van der Waals surface area contributed by atoms with Crippen LogP contribution in [0.2, 0.25) is 0 Å². The van der Waals surface area contributed by atoms with Crippen molar-refractivity contribution in [2.75, 3.05) is 0 Å². The van der Waals surface area contributed by atoms with Crippen LogP contribution in [0.1, 0.15) is 93.9 Å². The Morgan fingerprint density at radius 1 is 1.09 bits per heavy atom. The average molecular weight is 323 g/mol. The molecule has 134 valence electrons. The molecule has 2 fully saturated rings. The molecule has 0 aromatic rings. The van der Waals surface area contributed by atoms with Gasteiger partial charge in [0.05, 0.1) is 5.41 Å². The summed E-state index contributed by atoms with van der Waals surface area (Å²) >= 11 is 0. The van der Waals surface area contributed by atoms with Gasteiger partial charge in [-0.1, -0.05) is 48.5 Å². The number of carbonyl (C=O) groups is 1. The van der Waals surface area contributed by atoms with Gasteiger partial charge < -0.3 is 4.74 Å². The number of rotatable bonds is 4. The molecular formula is C21H38O2. The molecule has 0 N–H and O–H groups in total. The first-order chi connectivity index (χ1) is 10.3. The summed E-state index contributed by atoms with van der Waals surface area (Å²) in [5.74, 6) is 1.42. The Kier molecular flexibility index (Phi) is 4.72. The van der Waals surface area contributed by atoms with Gasteiger partial charge in [-0.2, -0.15) is 0 Å². The molecule has 4 atom stereocenters. The fourth-order valence-electron chi connectivity index (χ4n) is 5.03. The van der Waals surface area contributed by atoms with Crippen molar-refractivity contribution >= 4 is 5.97 Å². The van der Waals surface area contributed by atoms with Crippen molar-refractivity contribution in [3.63, 3.8) is 0 Å². The van der Waals surface area contributed by atoms with Gasteiger partial charge in [-0.3, -0.25) is 4.79 Å². The summed E-state index contributed by atoms with van der Waals surface area (Å²) in [4.78, 5) is 13.4. The maximum absolute atomic E-state index is 13.4. The Bertz CT molecular complexity index is 453. The molecule has 2 saturated carbocycles. The maximum Gasteiger partial charge on any atom is 0.312 e. The molecule has 2 rings (SSSR count). The summed E-state index contributed by atoms with van der Waals surface area (Å²) in [6.07, 6.45) is 6.77. The number of ether oxygens (including phenoxy) is 1. The van der Waals surface area contributed by atoms with E-state index in [2.05, 4.69) is 55.4 Å². The van der Waals surface area contributed by atoms with Crippen LogP contribution in [0.25, 0.3) is 0 Å². The average Bonchev–Trinajstić information content (AvgIpc) is 2.95. The molecule has 2 aliphatic rings. The Morgan fingerprint density at radius 2 is 1.70 bits per heavy atom. The van der Waals surface area contributed by atoms with Crippen LogP contribution in [0.5, 0.6) is 0 Å². The van der Waals surface area contributed by atoms with Gasteiger partial charge in [0.15, 0.2) is 0 Å². The molecule has 23 heavy (non-hydrogen) atoms. The van der Waals surface area contributed by atoms with Gasteiger partial charge >= 0.3 is 5.97 Å². The standard InChI is InChI=1S/C21H38O2/c1-9-21(13-15-10-11-16(21)12-15)23-17(22)20(8,19(5,6)7)14-18(2,3)4/h15-16H,9-14H2,1-8H3. The van der Waals surface area contributed by atoms with Crippen molar-refractivity contribution in [3.8, 4) is 0 Å². The van der Waals surface area contributed by atoms with Gasteiger partial charge in [-0.15, -0.1) is 0 Å². The topological polar surface area (TPSA) is 26.3 Å². The van der Waals surface area contributed by atoms with Crippen molar-refractivity contribution in [2.24, 2.45) is 28.1 Å². The molecule has 0 aromatic carbocycles. The predicted molar refractivity (Wildman–Crippen MR) is 96.2 cm³/mol. The van der Waals surface area contributed by atoms with E-state index in [4.69, 9.17) is 4.74 Å². The summed E-state index contributed by atoms with van der Waals surface area (Å²) in [6.45, 7) is 17.5. The van der Waals surface area contributed by atoms with E-state index in [0.29, 0.717) is 5.92 Å². The van der Waals surface area contributed by atoms with E-state index in [-0.39, 0.29) is 22.4 Å². The van der Waals surface area contributed by atoms with E-state index < -0.39 is 5.41 Å². The van der Waals surface area contributed by atoms with E-state index in [9.17, 15) is 4.79 Å². The highest BCUT2D eigenvalue weighted by molar-refractivity contribution is 5.78. The number of fused-ring (bicyclic) bond motifs is 2. The van der Waals surface area contributed by atoms with Crippen LogP contribution in [0.3, 0.4) is 0 Å². The number of hydrogen-bond donors (Lipinski definition) is 0. The lowest BCUT2D eigenvalue weighted by atomic mass is 9.61. The van der Waals surface area contributed by atoms with E-state index in [0.717, 1.165) is 25.2 Å². The van der Waals surface area contributed by atoms with Crippen molar-refractivity contribution in [3.05, 3.63) is 0 Å². The third-order valence-corrected chi connectivity index (χ3v) is 6.80. The van der Waals surface area contributed by atoms with Crippen LogP contribution in [0, 0.1) is 28.1 Å². The molecule has 0 radical (unpaired) electrons. The van der Waals surface area contributed by atoms with Gasteiger partial charge in [-0.25, -0.2) is 0 Å². The molecule has 4 unspecified atom stereocenters. The maximum atomic E-state index is 13.4. The van der Waals surface area contributed by atoms with Crippen LogP contribution >= 0.6 is 0 Å². The molecule has 2 heteroatoms. The summed E-state index contributed by atoms with van der Waals surface area (Å²) in [6, 6.07) is 0. The smallest absolute Gasteiger partial charge is 0.312 e. The highest BCUT2D eigenvalue weighted by Gasteiger charge is 2.56. The second kappa shape index (κ2) is 5.77. The van der Waals surface area contributed by atoms with Gasteiger partial charge in [0.1, 0.15) is 5.60 Å². The molecule has 0 saturated heterocycles. The predicted octanol–water partition coefficient (Wildman–Crippen LogP) is 5.99. The van der Waals surface area contributed by atoms with Crippen LogP contribution < -0.4 is 0 Å². The largest absolute Gasteiger partial charge is 0.458 e. The zero-order chi connectivity index (χ0) is 17.7. The first kappa shape index (κ1) is 18.8. The molecule has 0 aliphatic heterocycles. The normalized spacial score (nSPS) is 33.6. The third kappa shape index (κ3) is 3.46. The monoisotopic (exact) mass is 322 g/mol. The van der Waals surface area contributed by atoms with Crippen molar-refractivity contribution in [1.82, 2.24) is 0 Å². The molecule has 0 amide bonds. The fourth-order valence-corrected chi connectivity index (χ4v) is 5.03. The Hall–Kier alpha value is -0.530. The first-order valence-corrected chi connectivity index (χ1v) is 9.56. The molecule has 2 bridgehead atoms. The molecule has 0 aromatic heterocycles. The lowest BCUT2D eigenvalue weighted by molar-refractivity contribution is -0.187. The zero-order valence-electron chi connectivity index (χ0n) is 16.7. The lowest BCUT2D eigenvalue weighted by Crippen LogP contribution is -2.49. The lowest BCUT2D eigenvalue weighted by Gasteiger charge is -2.46. The Morgan fingerprint density at radius 3 is 2.04 bits per heavy atom. The minimum Gasteiger partial charge on any atom is -0.458 e. The number of hydrogen-bond acceptors (Lipinski definition) is 2. The van der Waals surface area contributed by atoms with Gasteiger partial charge in [0, 0.05) is 0 Å². The SMILES string of the molecule is CCC1(OC(=O)C(C)(CC(C)(C)C)C(C)(C)C)CC2CCC1C2. The fraction of sp³-hybridized carbons (Fsp3) is 0.952. The van der Waals surface area contributed by atoms with Gasteiger partial charge in [0.2, 0.25) is 0 Å². The third-order valence-electron chi connectivity index (χ3n) is 6.80. The first-order valence-electron chi connectivity index (χ1n) is 9.56. The van der Waals surface area contributed by atoms with Crippen LogP contribution in [-0.4, -0.2) is 11.6 Å². The molecule has 0 spiro atoms. The Labute approximate surface area is 143 Å². The minimum atomic E-state index is -0.449. The van der Waals surface area contributed by atoms with E-state index in [1.165, 1.54) is 19.3 Å². The van der Waals surface area contributed by atoms with Crippen LogP contribution in [0.4, 0.5) is 0 Å². The van der Waals surface area contributed by atoms with Crippen LogP contribution in [0.15, 0.2) is 0 Å². The second-order valence-corrected chi connectivity index (χ2v) is 10.7. The molecular weight excluding hydrogens is 284 g/mol. The Balaban J connectivity index is 2.24. The highest BCUT2D eigenvalue weighted by Crippen LogP contribution is 2.56. The summed E-state index contributed by atoms with van der Waals surface area (Å²) < 4.78 is 6.38. The van der Waals surface area contributed by atoms with Crippen molar-refractivity contribution in [1.29, 1.82) is 0 Å². The molecule has 0 heterocycles. The second-order valence-electron chi connectivity index (χ2n) is 10.7. The summed E-state index contributed by atoms with van der Waals surface area (Å²) in [5.41, 5.74) is -0.626. The highest BCUT2D eigenvalue weighted by atomic mass is 16.6. The van der Waals surface area contributed by atoms with E-state index in [1.54, 1.807) is 0 Å². The van der Waals surface area contributed by atoms with Crippen LogP contribution in [-0.2, 0) is 9.53 Å². The molecule has 2 nitrogen and oxygen atoms in total. The zero-order valence-corrected chi connectivity index (χ0v) is 16.7. The minimum absolute atomic E-state index is 0.0364. The summed E-state index contributed by atoms with van der Waals surface area (Å²) in [7, 11) is 0. The summed E-state index contributed by atoms with van der Waals surface area (Å²) in [5, 5.41) is 0. The number of esters is 1. The van der Waals surface area contributed by atoms with E-state index in [1.807, 2.05) is 0 Å². The van der Waals surface area contributed by atoms with Crippen molar-refractivity contribution in [2.45, 2.75) is 99.5 Å². The quantitative estimate of drug-likeness (QED) is 0.594. The number of carbonyl (C=O) groups excluding carboxylic acids is 1. The van der Waals surface area contributed by atoms with E-state index >= 15 is 0 Å². The molecule has 2 aliphatic carbocycles.